The number of primary sulfonamides is 1. The van der Waals surface area contributed by atoms with Crippen LogP contribution in [-0.4, -0.2) is 13.2 Å². The largest absolute Gasteiger partial charge is 0.228 e. The van der Waals surface area contributed by atoms with Gasteiger partial charge >= 0.3 is 0 Å². The zero-order valence-corrected chi connectivity index (χ0v) is 9.47. The fraction of sp³-hybridized carbons (Fsp3) is 0.600. The second kappa shape index (κ2) is 3.87. The van der Waals surface area contributed by atoms with Crippen molar-refractivity contribution in [2.24, 2.45) is 5.14 Å². The molecule has 0 radical (unpaired) electrons. The van der Waals surface area contributed by atoms with E-state index in [1.807, 2.05) is 26.0 Å². The summed E-state index contributed by atoms with van der Waals surface area (Å²) in [6, 6.07) is 0. The first-order valence-electron chi connectivity index (χ1n) is 4.86. The molecule has 0 bridgehead atoms. The Morgan fingerprint density at radius 3 is 2.43 bits per heavy atom. The van der Waals surface area contributed by atoms with Crippen molar-refractivity contribution in [3.05, 3.63) is 23.8 Å². The molecule has 2 N–H and O–H groups in total. The van der Waals surface area contributed by atoms with Crippen molar-refractivity contribution in [3.8, 4) is 0 Å². The summed E-state index contributed by atoms with van der Waals surface area (Å²) in [7, 11) is -3.50. The van der Waals surface area contributed by atoms with Gasteiger partial charge in [0.25, 0.3) is 0 Å². The summed E-state index contributed by atoms with van der Waals surface area (Å²) in [5, 5.41) is 5.23. The molecule has 0 saturated heterocycles. The van der Waals surface area contributed by atoms with E-state index in [-0.39, 0.29) is 0 Å². The van der Waals surface area contributed by atoms with Crippen LogP contribution in [0.2, 0.25) is 0 Å². The van der Waals surface area contributed by atoms with E-state index < -0.39 is 14.8 Å². The Morgan fingerprint density at radius 2 is 2.14 bits per heavy atom. The van der Waals surface area contributed by atoms with Crippen LogP contribution < -0.4 is 5.14 Å². The van der Waals surface area contributed by atoms with Crippen molar-refractivity contribution < 1.29 is 8.42 Å². The lowest BCUT2D eigenvalue weighted by Gasteiger charge is -2.28. The third kappa shape index (κ3) is 1.91. The van der Waals surface area contributed by atoms with Crippen LogP contribution in [0.1, 0.15) is 33.1 Å². The molecular weight excluding hydrogens is 198 g/mol. The molecule has 1 atom stereocenters. The fourth-order valence-electron chi connectivity index (χ4n) is 1.64. The first kappa shape index (κ1) is 11.5. The maximum Gasteiger partial charge on any atom is 0.218 e. The molecule has 1 aliphatic rings. The summed E-state index contributed by atoms with van der Waals surface area (Å²) in [5.41, 5.74) is 1.18. The average Bonchev–Trinajstić information content (AvgIpc) is 2.16. The van der Waals surface area contributed by atoms with E-state index in [4.69, 9.17) is 5.14 Å². The van der Waals surface area contributed by atoms with E-state index in [2.05, 4.69) is 0 Å². The van der Waals surface area contributed by atoms with Gasteiger partial charge in [-0.1, -0.05) is 37.6 Å². The van der Waals surface area contributed by atoms with Gasteiger partial charge in [0.1, 0.15) is 4.75 Å². The minimum absolute atomic E-state index is 0.502. The molecule has 0 amide bonds. The number of hydrogen-bond donors (Lipinski definition) is 1. The smallest absolute Gasteiger partial charge is 0.218 e. The summed E-state index contributed by atoms with van der Waals surface area (Å²) in [6.45, 7) is 3.89. The number of sulfonamides is 1. The Kier molecular flexibility index (Phi) is 3.17. The molecule has 80 valence electrons. The Bertz CT molecular complexity index is 368. The van der Waals surface area contributed by atoms with Crippen LogP contribution in [0, 0.1) is 0 Å². The quantitative estimate of drug-likeness (QED) is 0.779. The minimum atomic E-state index is -3.50. The molecule has 3 nitrogen and oxygen atoms in total. The number of rotatable bonds is 3. The Morgan fingerprint density at radius 1 is 1.50 bits per heavy atom. The molecule has 1 rings (SSSR count). The molecule has 1 aliphatic carbocycles. The molecule has 0 aromatic rings. The number of hydrogen-bond acceptors (Lipinski definition) is 2. The van der Waals surface area contributed by atoms with Gasteiger partial charge in [-0.25, -0.2) is 13.6 Å². The van der Waals surface area contributed by atoms with Gasteiger partial charge in [0.15, 0.2) is 0 Å². The summed E-state index contributed by atoms with van der Waals surface area (Å²) >= 11 is 0. The normalized spacial score (nSPS) is 27.5. The lowest BCUT2D eigenvalue weighted by molar-refractivity contribution is 0.543. The lowest BCUT2D eigenvalue weighted by Crippen LogP contribution is -2.41. The average molecular weight is 215 g/mol. The molecule has 4 heteroatoms. The summed E-state index contributed by atoms with van der Waals surface area (Å²) in [5.74, 6) is 0. The highest BCUT2D eigenvalue weighted by Gasteiger charge is 2.37. The second-order valence-electron chi connectivity index (χ2n) is 3.63. The van der Waals surface area contributed by atoms with Gasteiger partial charge in [0.05, 0.1) is 0 Å². The van der Waals surface area contributed by atoms with Gasteiger partial charge in [-0.15, -0.1) is 0 Å². The third-order valence-corrected chi connectivity index (χ3v) is 4.61. The van der Waals surface area contributed by atoms with Crippen molar-refractivity contribution in [1.29, 1.82) is 0 Å². The van der Waals surface area contributed by atoms with E-state index in [0.717, 1.165) is 6.42 Å². The highest BCUT2D eigenvalue weighted by atomic mass is 32.2. The molecular formula is C10H17NO2S. The molecule has 0 aromatic carbocycles. The van der Waals surface area contributed by atoms with E-state index >= 15 is 0 Å². The van der Waals surface area contributed by atoms with Gasteiger partial charge < -0.3 is 0 Å². The Balaban J connectivity index is 3.02. The number of nitrogens with two attached hydrogens (primary N) is 1. The second-order valence-corrected chi connectivity index (χ2v) is 5.54. The van der Waals surface area contributed by atoms with Crippen LogP contribution in [0.5, 0.6) is 0 Å². The first-order chi connectivity index (χ1) is 6.45. The fourth-order valence-corrected chi connectivity index (χ4v) is 2.61. The van der Waals surface area contributed by atoms with Crippen LogP contribution in [0.4, 0.5) is 0 Å². The van der Waals surface area contributed by atoms with Crippen molar-refractivity contribution >= 4 is 10.0 Å². The van der Waals surface area contributed by atoms with Crippen molar-refractivity contribution in [2.45, 2.75) is 37.9 Å². The van der Waals surface area contributed by atoms with Crippen LogP contribution in [0.15, 0.2) is 23.8 Å². The molecule has 1 unspecified atom stereocenters. The maximum atomic E-state index is 11.4. The van der Waals surface area contributed by atoms with Crippen LogP contribution >= 0.6 is 0 Å². The van der Waals surface area contributed by atoms with E-state index in [1.165, 1.54) is 5.57 Å². The van der Waals surface area contributed by atoms with E-state index in [1.54, 1.807) is 6.08 Å². The zero-order valence-electron chi connectivity index (χ0n) is 8.66. The molecule has 14 heavy (non-hydrogen) atoms. The highest BCUT2D eigenvalue weighted by molar-refractivity contribution is 7.90. The van der Waals surface area contributed by atoms with Crippen LogP contribution in [0.3, 0.4) is 0 Å². The van der Waals surface area contributed by atoms with Gasteiger partial charge in [0.2, 0.25) is 10.0 Å². The molecule has 0 saturated carbocycles. The zero-order chi connectivity index (χ0) is 10.8. The van der Waals surface area contributed by atoms with Gasteiger partial charge in [-0.2, -0.15) is 0 Å². The minimum Gasteiger partial charge on any atom is -0.228 e. The predicted octanol–water partition coefficient (Wildman–Crippen LogP) is 1.72. The summed E-state index contributed by atoms with van der Waals surface area (Å²) in [4.78, 5) is 0. The van der Waals surface area contributed by atoms with Crippen LogP contribution in [0.25, 0.3) is 0 Å². The van der Waals surface area contributed by atoms with Gasteiger partial charge in [0, 0.05) is 0 Å². The van der Waals surface area contributed by atoms with Gasteiger partial charge in [-0.3, -0.25) is 0 Å². The summed E-state index contributed by atoms with van der Waals surface area (Å²) in [6.07, 6.45) is 7.53. The molecule has 0 spiro atoms. The SMILES string of the molecule is CCC1=CCC(CC)(S(N)(=O)=O)C=C1. The molecule has 0 heterocycles. The first-order valence-corrected chi connectivity index (χ1v) is 6.40. The molecule has 0 aliphatic heterocycles. The molecule has 0 aromatic heterocycles. The predicted molar refractivity (Wildman–Crippen MR) is 58.3 cm³/mol. The topological polar surface area (TPSA) is 60.2 Å². The van der Waals surface area contributed by atoms with Crippen molar-refractivity contribution in [3.63, 3.8) is 0 Å². The highest BCUT2D eigenvalue weighted by Crippen LogP contribution is 2.31. The standard InChI is InChI=1S/C10H17NO2S/c1-3-9-5-7-10(4-2,8-6-9)14(11,12)13/h5-7H,3-4,8H2,1-2H3,(H2,11,12,13). The summed E-state index contributed by atoms with van der Waals surface area (Å²) < 4.78 is 22.0. The van der Waals surface area contributed by atoms with E-state index in [9.17, 15) is 8.42 Å². The Labute approximate surface area is 85.7 Å². The number of allylic oxidation sites excluding steroid dienone is 3. The van der Waals surface area contributed by atoms with Gasteiger partial charge in [-0.05, 0) is 19.3 Å². The van der Waals surface area contributed by atoms with Crippen molar-refractivity contribution in [1.82, 2.24) is 0 Å². The van der Waals surface area contributed by atoms with E-state index in [0.29, 0.717) is 12.8 Å². The molecule has 0 fully saturated rings. The van der Waals surface area contributed by atoms with Crippen LogP contribution in [-0.2, 0) is 10.0 Å². The maximum absolute atomic E-state index is 11.4. The Hall–Kier alpha value is -0.610. The van der Waals surface area contributed by atoms with Crippen molar-refractivity contribution in [2.75, 3.05) is 0 Å². The lowest BCUT2D eigenvalue weighted by atomic mass is 9.93. The monoisotopic (exact) mass is 215 g/mol. The third-order valence-electron chi connectivity index (χ3n) is 2.88.